The van der Waals surface area contributed by atoms with Crippen molar-refractivity contribution in [2.75, 3.05) is 39.0 Å². The molecule has 0 radical (unpaired) electrons. The molecule has 5 N–H and O–H groups in total. The Morgan fingerprint density at radius 2 is 1.45 bits per heavy atom. The third-order valence-corrected chi connectivity index (χ3v) is 9.13. The van der Waals surface area contributed by atoms with Crippen LogP contribution < -0.4 is 25.4 Å². The van der Waals surface area contributed by atoms with Crippen LogP contribution in [0.5, 0.6) is 0 Å². The quantitative estimate of drug-likeness (QED) is 0.199. The first-order valence-corrected chi connectivity index (χ1v) is 16.3. The van der Waals surface area contributed by atoms with Crippen molar-refractivity contribution in [1.82, 2.24) is 0 Å². The van der Waals surface area contributed by atoms with E-state index < -0.39 is 20.0 Å². The van der Waals surface area contributed by atoms with Crippen LogP contribution >= 0.6 is 0 Å². The topological polar surface area (TPSA) is 151 Å². The van der Waals surface area contributed by atoms with Crippen molar-refractivity contribution in [3.8, 4) is 0 Å². The molecule has 1 aliphatic rings. The number of benzene rings is 4. The summed E-state index contributed by atoms with van der Waals surface area (Å²) in [4.78, 5) is 13.5. The fraction of sp³-hybridized carbons (Fsp3) is 0.100. The van der Waals surface area contributed by atoms with Crippen LogP contribution in [-0.4, -0.2) is 42.1 Å². The van der Waals surface area contributed by atoms with Crippen LogP contribution in [-0.2, 0) is 24.8 Å². The second-order valence-corrected chi connectivity index (χ2v) is 13.1. The number of carbonyl (C=O) groups is 1. The van der Waals surface area contributed by atoms with Crippen molar-refractivity contribution < 1.29 is 21.6 Å². The predicted molar refractivity (Wildman–Crippen MR) is 167 cm³/mol. The van der Waals surface area contributed by atoms with Crippen LogP contribution in [0.1, 0.15) is 11.1 Å². The molecular formula is C30H29N5O5S2. The molecule has 12 heteroatoms. The van der Waals surface area contributed by atoms with E-state index in [1.54, 1.807) is 60.7 Å². The highest BCUT2D eigenvalue weighted by Gasteiger charge is 2.29. The van der Waals surface area contributed by atoms with Gasteiger partial charge < -0.3 is 16.4 Å². The molecule has 0 saturated heterocycles. The minimum Gasteiger partial charge on any atom is -0.354 e. The van der Waals surface area contributed by atoms with E-state index in [1.165, 1.54) is 16.4 Å². The van der Waals surface area contributed by atoms with Gasteiger partial charge in [-0.25, -0.2) is 16.8 Å². The normalized spacial score (nSPS) is 14.1. The zero-order valence-electron chi connectivity index (χ0n) is 22.6. The summed E-state index contributed by atoms with van der Waals surface area (Å²) in [5.41, 5.74) is 9.56. The molecule has 0 unspecified atom stereocenters. The average molecular weight is 604 g/mol. The summed E-state index contributed by atoms with van der Waals surface area (Å²) in [6.07, 6.45) is 1.12. The minimum atomic E-state index is -3.85. The number of hydrogen-bond donors (Lipinski definition) is 4. The van der Waals surface area contributed by atoms with Gasteiger partial charge in [0.25, 0.3) is 15.9 Å². The Morgan fingerprint density at radius 1 is 0.833 bits per heavy atom. The molecule has 0 aliphatic carbocycles. The Balaban J connectivity index is 1.55. The summed E-state index contributed by atoms with van der Waals surface area (Å²) in [6.45, 7) is 0.299. The third-order valence-electron chi connectivity index (χ3n) is 6.54. The second-order valence-electron chi connectivity index (χ2n) is 9.54. The maximum Gasteiger partial charge on any atom is 0.261 e. The second kappa shape index (κ2) is 11.7. The number of nitrogens with zero attached hydrogens (tertiary/aromatic N) is 1. The van der Waals surface area contributed by atoms with E-state index in [0.717, 1.165) is 11.8 Å². The highest BCUT2D eigenvalue weighted by molar-refractivity contribution is 7.92. The molecule has 0 bridgehead atoms. The van der Waals surface area contributed by atoms with Crippen LogP contribution in [0.4, 0.5) is 22.7 Å². The number of amides is 1. The fourth-order valence-electron chi connectivity index (χ4n) is 4.64. The maximum atomic E-state index is 13.3. The molecule has 42 heavy (non-hydrogen) atoms. The Hall–Kier alpha value is -4.65. The van der Waals surface area contributed by atoms with Gasteiger partial charge in [-0.3, -0.25) is 13.8 Å². The van der Waals surface area contributed by atoms with Gasteiger partial charge in [0, 0.05) is 35.7 Å². The lowest BCUT2D eigenvalue weighted by atomic mass is 9.99. The molecule has 0 aromatic heterocycles. The lowest BCUT2D eigenvalue weighted by molar-refractivity contribution is -0.110. The fourth-order valence-corrected chi connectivity index (χ4v) is 6.65. The van der Waals surface area contributed by atoms with Crippen LogP contribution in [0.15, 0.2) is 108 Å². The Bertz CT molecular complexity index is 1860. The highest BCUT2D eigenvalue weighted by Crippen LogP contribution is 2.39. The van der Waals surface area contributed by atoms with Crippen LogP contribution in [0, 0.1) is 0 Å². The zero-order chi connectivity index (χ0) is 29.9. The number of nitrogens with two attached hydrogens (primary N) is 1. The number of rotatable bonds is 10. The molecule has 0 fully saturated rings. The first-order chi connectivity index (χ1) is 20.1. The number of fused-ring (bicyclic) bond motifs is 1. The van der Waals surface area contributed by atoms with E-state index in [0.29, 0.717) is 39.6 Å². The zero-order valence-corrected chi connectivity index (χ0v) is 24.2. The smallest absolute Gasteiger partial charge is 0.261 e. The molecule has 1 amide bonds. The molecule has 4 aromatic carbocycles. The highest BCUT2D eigenvalue weighted by atomic mass is 32.2. The molecule has 0 spiro atoms. The minimum absolute atomic E-state index is 0.117. The molecule has 4 aromatic rings. The maximum absolute atomic E-state index is 13.3. The SMILES string of the molecule is CS(=O)(=O)N(CCN)c1ccc(NC(=C2C(=O)Nc3ccc(NS(=O)(=O)c4ccccc4)cc32)c2ccccc2)cc1. The summed E-state index contributed by atoms with van der Waals surface area (Å²) >= 11 is 0. The van der Waals surface area contributed by atoms with Crippen LogP contribution in [0.2, 0.25) is 0 Å². The van der Waals surface area contributed by atoms with E-state index >= 15 is 0 Å². The van der Waals surface area contributed by atoms with Crippen molar-refractivity contribution in [3.05, 3.63) is 114 Å². The lowest BCUT2D eigenvalue weighted by Crippen LogP contribution is -2.34. The van der Waals surface area contributed by atoms with Crippen molar-refractivity contribution in [3.63, 3.8) is 0 Å². The monoisotopic (exact) mass is 603 g/mol. The van der Waals surface area contributed by atoms with E-state index in [-0.39, 0.29) is 23.9 Å². The van der Waals surface area contributed by atoms with Crippen molar-refractivity contribution in [2.45, 2.75) is 4.90 Å². The summed E-state index contributed by atoms with van der Waals surface area (Å²) in [7, 11) is -7.38. The van der Waals surface area contributed by atoms with Crippen LogP contribution in [0.25, 0.3) is 11.3 Å². The van der Waals surface area contributed by atoms with Crippen molar-refractivity contribution in [1.29, 1.82) is 0 Å². The van der Waals surface area contributed by atoms with Crippen molar-refractivity contribution in [2.24, 2.45) is 5.73 Å². The Morgan fingerprint density at radius 3 is 2.07 bits per heavy atom. The van der Waals surface area contributed by atoms with E-state index in [4.69, 9.17) is 5.73 Å². The molecule has 5 rings (SSSR count). The van der Waals surface area contributed by atoms with E-state index in [2.05, 4.69) is 15.4 Å². The standard InChI is InChI=1S/C30H29N5O5S2/c1-41(37,38)35(19-18-31)24-15-12-22(13-16-24)32-29(21-8-4-2-5-9-21)28-26-20-23(14-17-27(26)33-30(28)36)34-42(39,40)25-10-6-3-7-11-25/h2-17,20,32,34H,18-19,31H2,1H3,(H,33,36). The van der Waals surface area contributed by atoms with E-state index in [9.17, 15) is 21.6 Å². The first-order valence-electron chi connectivity index (χ1n) is 12.9. The van der Waals surface area contributed by atoms with Crippen LogP contribution in [0.3, 0.4) is 0 Å². The number of sulfonamides is 2. The first kappa shape index (κ1) is 28.9. The largest absolute Gasteiger partial charge is 0.354 e. The molecule has 0 saturated carbocycles. The Labute approximate surface area is 245 Å². The molecular weight excluding hydrogens is 574 g/mol. The number of nitrogens with one attached hydrogen (secondary N) is 3. The van der Waals surface area contributed by atoms with Gasteiger partial charge >= 0.3 is 0 Å². The molecule has 216 valence electrons. The molecule has 0 atom stereocenters. The predicted octanol–water partition coefficient (Wildman–Crippen LogP) is 4.14. The van der Waals surface area contributed by atoms with Gasteiger partial charge in [-0.05, 0) is 60.2 Å². The lowest BCUT2D eigenvalue weighted by Gasteiger charge is -2.22. The summed E-state index contributed by atoms with van der Waals surface area (Å²) in [6, 6.07) is 28.9. The number of hydrogen-bond acceptors (Lipinski definition) is 7. The third kappa shape index (κ3) is 6.15. The summed E-state index contributed by atoms with van der Waals surface area (Å²) < 4.78 is 54.2. The van der Waals surface area contributed by atoms with E-state index in [1.807, 2.05) is 30.3 Å². The molecule has 1 heterocycles. The number of carbonyl (C=O) groups excluding carboxylic acids is 1. The van der Waals surface area contributed by atoms with Gasteiger partial charge in [0.15, 0.2) is 0 Å². The van der Waals surface area contributed by atoms with Gasteiger partial charge in [-0.1, -0.05) is 48.5 Å². The van der Waals surface area contributed by atoms with Gasteiger partial charge in [-0.2, -0.15) is 0 Å². The average Bonchev–Trinajstić information content (AvgIpc) is 3.30. The van der Waals surface area contributed by atoms with Gasteiger partial charge in [0.05, 0.1) is 28.1 Å². The van der Waals surface area contributed by atoms with Gasteiger partial charge in [0.2, 0.25) is 10.0 Å². The number of anilines is 4. The van der Waals surface area contributed by atoms with Gasteiger partial charge in [-0.15, -0.1) is 0 Å². The molecule has 1 aliphatic heterocycles. The molecule has 10 nitrogen and oxygen atoms in total. The summed E-state index contributed by atoms with van der Waals surface area (Å²) in [5.74, 6) is -0.359. The Kier molecular flexibility index (Phi) is 8.03. The van der Waals surface area contributed by atoms with Gasteiger partial charge in [0.1, 0.15) is 0 Å². The van der Waals surface area contributed by atoms with Crippen molar-refractivity contribution >= 4 is 60.0 Å². The summed E-state index contributed by atoms with van der Waals surface area (Å²) in [5, 5.41) is 6.19.